The number of amides is 1. The summed E-state index contributed by atoms with van der Waals surface area (Å²) in [5.74, 6) is 1.63. The van der Waals surface area contributed by atoms with Crippen LogP contribution >= 0.6 is 11.8 Å². The van der Waals surface area contributed by atoms with Crippen molar-refractivity contribution in [1.29, 1.82) is 0 Å². The summed E-state index contributed by atoms with van der Waals surface area (Å²) >= 11 is 1.69. The van der Waals surface area contributed by atoms with Crippen LogP contribution in [-0.4, -0.2) is 42.4 Å². The highest BCUT2D eigenvalue weighted by molar-refractivity contribution is 7.99. The van der Waals surface area contributed by atoms with Crippen LogP contribution in [0.2, 0.25) is 0 Å². The third-order valence-electron chi connectivity index (χ3n) is 3.96. The first-order chi connectivity index (χ1) is 10.7. The molecule has 0 N–H and O–H groups in total. The van der Waals surface area contributed by atoms with Crippen LogP contribution in [0.25, 0.3) is 10.8 Å². The van der Waals surface area contributed by atoms with E-state index < -0.39 is 0 Å². The molecule has 1 heterocycles. The van der Waals surface area contributed by atoms with Crippen molar-refractivity contribution in [1.82, 2.24) is 4.90 Å². The quantitative estimate of drug-likeness (QED) is 0.867. The van der Waals surface area contributed by atoms with E-state index in [1.165, 1.54) is 16.3 Å². The third kappa shape index (κ3) is 3.62. The van der Waals surface area contributed by atoms with Crippen molar-refractivity contribution in [2.45, 2.75) is 18.8 Å². The Morgan fingerprint density at radius 3 is 2.95 bits per heavy atom. The fraction of sp³-hybridized carbons (Fsp3) is 0.389. The number of rotatable bonds is 4. The molecule has 1 atom stereocenters. The van der Waals surface area contributed by atoms with Crippen LogP contribution in [0.3, 0.4) is 0 Å². The number of thioether (sulfide) groups is 1. The van der Waals surface area contributed by atoms with Gasteiger partial charge in [-0.25, -0.2) is 0 Å². The lowest BCUT2D eigenvalue weighted by Crippen LogP contribution is -2.45. The van der Waals surface area contributed by atoms with E-state index in [-0.39, 0.29) is 12.0 Å². The molecule has 1 aliphatic heterocycles. The van der Waals surface area contributed by atoms with Crippen LogP contribution in [0.15, 0.2) is 42.5 Å². The molecule has 3 nitrogen and oxygen atoms in total. The third-order valence-corrected chi connectivity index (χ3v) is 4.92. The summed E-state index contributed by atoms with van der Waals surface area (Å²) in [7, 11) is 0. The van der Waals surface area contributed by atoms with E-state index in [1.54, 1.807) is 11.8 Å². The van der Waals surface area contributed by atoms with Crippen molar-refractivity contribution in [3.63, 3.8) is 0 Å². The fourth-order valence-electron chi connectivity index (χ4n) is 2.80. The molecular weight excluding hydrogens is 294 g/mol. The number of carbonyl (C=O) groups excluding carboxylic acids is 1. The monoisotopic (exact) mass is 315 g/mol. The molecule has 22 heavy (non-hydrogen) atoms. The van der Waals surface area contributed by atoms with Gasteiger partial charge in [0.1, 0.15) is 0 Å². The smallest absolute Gasteiger partial charge is 0.232 e. The van der Waals surface area contributed by atoms with Gasteiger partial charge in [-0.15, -0.1) is 11.8 Å². The van der Waals surface area contributed by atoms with E-state index in [0.717, 1.165) is 12.3 Å². The molecule has 0 saturated carbocycles. The van der Waals surface area contributed by atoms with Gasteiger partial charge in [-0.1, -0.05) is 42.5 Å². The Labute approximate surface area is 135 Å². The molecular formula is C18H21NO2S. The Kier molecular flexibility index (Phi) is 5.01. The Bertz CT molecular complexity index is 653. The zero-order chi connectivity index (χ0) is 15.4. The van der Waals surface area contributed by atoms with Crippen LogP contribution < -0.4 is 0 Å². The maximum atomic E-state index is 12.2. The maximum Gasteiger partial charge on any atom is 0.232 e. The highest BCUT2D eigenvalue weighted by Gasteiger charge is 2.20. The summed E-state index contributed by atoms with van der Waals surface area (Å²) in [5.41, 5.74) is 1.30. The predicted octanol–water partition coefficient (Wildman–Crippen LogP) is 3.32. The van der Waals surface area contributed by atoms with E-state index in [0.29, 0.717) is 18.9 Å². The predicted molar refractivity (Wildman–Crippen MR) is 92.1 cm³/mol. The number of fused-ring (bicyclic) bond motifs is 1. The van der Waals surface area contributed by atoms with Crippen molar-refractivity contribution in [3.05, 3.63) is 48.0 Å². The Balaban J connectivity index is 1.57. The average Bonchev–Trinajstić information content (AvgIpc) is 2.55. The highest BCUT2D eigenvalue weighted by atomic mass is 32.2. The van der Waals surface area contributed by atoms with Gasteiger partial charge in [-0.2, -0.15) is 0 Å². The molecule has 0 radical (unpaired) electrons. The Hall–Kier alpha value is -1.52. The second-order valence-electron chi connectivity index (χ2n) is 5.65. The molecule has 1 amide bonds. The minimum atomic E-state index is 0.153. The Morgan fingerprint density at radius 1 is 1.27 bits per heavy atom. The van der Waals surface area contributed by atoms with Gasteiger partial charge in [0.15, 0.2) is 0 Å². The lowest BCUT2D eigenvalue weighted by Gasteiger charge is -2.31. The number of nitrogens with zero attached hydrogens (tertiary/aromatic N) is 1. The number of ether oxygens (including phenoxy) is 1. The van der Waals surface area contributed by atoms with Gasteiger partial charge in [0.2, 0.25) is 5.91 Å². The lowest BCUT2D eigenvalue weighted by atomic mass is 10.1. The SMILES string of the molecule is C[C@@H]1CN(C(=O)CSCc2cccc3ccccc23)CCO1. The molecule has 3 rings (SSSR count). The van der Waals surface area contributed by atoms with E-state index in [1.807, 2.05) is 11.8 Å². The number of morpholine rings is 1. The van der Waals surface area contributed by atoms with Crippen LogP contribution in [-0.2, 0) is 15.3 Å². The molecule has 0 unspecified atom stereocenters. The summed E-state index contributed by atoms with van der Waals surface area (Å²) < 4.78 is 5.48. The topological polar surface area (TPSA) is 29.5 Å². The molecule has 2 aromatic rings. The summed E-state index contributed by atoms with van der Waals surface area (Å²) in [6.45, 7) is 4.11. The van der Waals surface area contributed by atoms with E-state index in [9.17, 15) is 4.79 Å². The fourth-order valence-corrected chi connectivity index (χ4v) is 3.73. The van der Waals surface area contributed by atoms with Crippen LogP contribution in [0.5, 0.6) is 0 Å². The van der Waals surface area contributed by atoms with Crippen molar-refractivity contribution in [2.75, 3.05) is 25.4 Å². The van der Waals surface area contributed by atoms with E-state index in [2.05, 4.69) is 42.5 Å². The molecule has 0 aliphatic carbocycles. The van der Waals surface area contributed by atoms with Crippen LogP contribution in [0, 0.1) is 0 Å². The standard InChI is InChI=1S/C18H21NO2S/c1-14-11-19(9-10-21-14)18(20)13-22-12-16-7-4-6-15-5-2-3-8-17(15)16/h2-8,14H,9-13H2,1H3/t14-/m1/s1. The second kappa shape index (κ2) is 7.16. The van der Waals surface area contributed by atoms with Gasteiger partial charge in [-0.3, -0.25) is 4.79 Å². The number of carbonyl (C=O) groups is 1. The van der Waals surface area contributed by atoms with Gasteiger partial charge in [0, 0.05) is 18.8 Å². The highest BCUT2D eigenvalue weighted by Crippen LogP contribution is 2.23. The van der Waals surface area contributed by atoms with E-state index >= 15 is 0 Å². The van der Waals surface area contributed by atoms with Gasteiger partial charge in [0.25, 0.3) is 0 Å². The number of hydrogen-bond donors (Lipinski definition) is 0. The lowest BCUT2D eigenvalue weighted by molar-refractivity contribution is -0.135. The second-order valence-corrected chi connectivity index (χ2v) is 6.64. The molecule has 116 valence electrons. The molecule has 0 spiro atoms. The molecule has 1 fully saturated rings. The van der Waals surface area contributed by atoms with Gasteiger partial charge in [-0.05, 0) is 23.3 Å². The number of benzene rings is 2. The average molecular weight is 315 g/mol. The van der Waals surface area contributed by atoms with Gasteiger partial charge < -0.3 is 9.64 Å². The molecule has 1 aliphatic rings. The van der Waals surface area contributed by atoms with Crippen LogP contribution in [0.1, 0.15) is 12.5 Å². The van der Waals surface area contributed by atoms with Gasteiger partial charge in [0.05, 0.1) is 18.5 Å². The molecule has 0 bridgehead atoms. The Morgan fingerprint density at radius 2 is 2.09 bits per heavy atom. The normalized spacial score (nSPS) is 18.6. The summed E-state index contributed by atoms with van der Waals surface area (Å²) in [5, 5.41) is 2.54. The number of hydrogen-bond acceptors (Lipinski definition) is 3. The van der Waals surface area contributed by atoms with Crippen molar-refractivity contribution in [3.8, 4) is 0 Å². The zero-order valence-electron chi connectivity index (χ0n) is 12.8. The molecule has 2 aromatic carbocycles. The first-order valence-electron chi connectivity index (χ1n) is 7.68. The first-order valence-corrected chi connectivity index (χ1v) is 8.83. The molecule has 1 saturated heterocycles. The summed E-state index contributed by atoms with van der Waals surface area (Å²) in [4.78, 5) is 14.2. The minimum absolute atomic E-state index is 0.153. The summed E-state index contributed by atoms with van der Waals surface area (Å²) in [6.07, 6.45) is 0.153. The zero-order valence-corrected chi connectivity index (χ0v) is 13.6. The van der Waals surface area contributed by atoms with E-state index in [4.69, 9.17) is 4.74 Å². The largest absolute Gasteiger partial charge is 0.375 e. The van der Waals surface area contributed by atoms with Crippen LogP contribution in [0.4, 0.5) is 0 Å². The van der Waals surface area contributed by atoms with Gasteiger partial charge >= 0.3 is 0 Å². The molecule has 4 heteroatoms. The molecule has 0 aromatic heterocycles. The minimum Gasteiger partial charge on any atom is -0.375 e. The maximum absolute atomic E-state index is 12.2. The van der Waals surface area contributed by atoms with Crippen molar-refractivity contribution >= 4 is 28.4 Å². The summed E-state index contributed by atoms with van der Waals surface area (Å²) in [6, 6.07) is 14.8. The first kappa shape index (κ1) is 15.4. The van der Waals surface area contributed by atoms with Crippen molar-refractivity contribution in [2.24, 2.45) is 0 Å². The van der Waals surface area contributed by atoms with Crippen molar-refractivity contribution < 1.29 is 9.53 Å².